The third-order valence-corrected chi connectivity index (χ3v) is 9.05. The van der Waals surface area contributed by atoms with Gasteiger partial charge in [0, 0.05) is 13.2 Å². The van der Waals surface area contributed by atoms with E-state index >= 15 is 0 Å². The van der Waals surface area contributed by atoms with Crippen molar-refractivity contribution in [2.45, 2.75) is 35.6 Å². The highest BCUT2D eigenvalue weighted by atomic mass is 32.2. The number of β-lactam (4-membered cyclic amide) rings is 1. The number of carbonyl (C=O) groups excluding carboxylic acids is 3. The number of rotatable bonds is 8. The number of nitrogens with one attached hydrogen (secondary N) is 1. The van der Waals surface area contributed by atoms with E-state index < -0.39 is 49.9 Å². The summed E-state index contributed by atoms with van der Waals surface area (Å²) < 4.78 is 35.6. The van der Waals surface area contributed by atoms with Crippen molar-refractivity contribution in [2.75, 3.05) is 13.8 Å². The van der Waals surface area contributed by atoms with Crippen LogP contribution in [0.5, 0.6) is 0 Å². The van der Waals surface area contributed by atoms with Crippen molar-refractivity contribution >= 4 is 27.6 Å². The number of sulfone groups is 1. The predicted octanol–water partition coefficient (Wildman–Crippen LogP) is 1.71. The van der Waals surface area contributed by atoms with Crippen LogP contribution in [0.25, 0.3) is 0 Å². The highest BCUT2D eigenvalue weighted by Gasteiger charge is 2.69. The van der Waals surface area contributed by atoms with E-state index in [2.05, 4.69) is 5.32 Å². The van der Waals surface area contributed by atoms with E-state index in [9.17, 15) is 22.8 Å². The van der Waals surface area contributed by atoms with Crippen LogP contribution in [0.4, 0.5) is 0 Å². The van der Waals surface area contributed by atoms with Gasteiger partial charge in [-0.05, 0) is 18.1 Å². The lowest BCUT2D eigenvalue weighted by Gasteiger charge is -2.36. The average molecular weight is 499 g/mol. The van der Waals surface area contributed by atoms with Crippen LogP contribution in [0.3, 0.4) is 0 Å². The Labute approximate surface area is 203 Å². The molecule has 0 spiro atoms. The number of hydrogen-bond acceptors (Lipinski definition) is 7. The zero-order valence-electron chi connectivity index (χ0n) is 19.3. The number of amides is 2. The van der Waals surface area contributed by atoms with E-state index in [1.165, 1.54) is 14.0 Å². The number of hydrogen-bond donors (Lipinski definition) is 1. The highest BCUT2D eigenvalue weighted by molar-refractivity contribution is 7.94. The Morgan fingerprint density at radius 1 is 1.11 bits per heavy atom. The lowest BCUT2D eigenvalue weighted by Crippen LogP contribution is -2.57. The third-order valence-electron chi connectivity index (χ3n) is 6.36. The molecule has 1 N–H and O–H groups in total. The molecular formula is C25H26N2O7S. The molecular weight excluding hydrogens is 472 g/mol. The molecule has 0 aliphatic carbocycles. The lowest BCUT2D eigenvalue weighted by molar-refractivity contribution is -0.163. The van der Waals surface area contributed by atoms with Gasteiger partial charge < -0.3 is 19.7 Å². The predicted molar refractivity (Wildman–Crippen MR) is 126 cm³/mol. The maximum Gasteiger partial charge on any atom is 0.331 e. The summed E-state index contributed by atoms with van der Waals surface area (Å²) in [6.45, 7) is 1.27. The van der Waals surface area contributed by atoms with Crippen LogP contribution in [0.1, 0.15) is 30.6 Å². The molecule has 2 amide bonds. The summed E-state index contributed by atoms with van der Waals surface area (Å²) in [5.74, 6) is -1.92. The molecule has 35 heavy (non-hydrogen) atoms. The summed E-state index contributed by atoms with van der Waals surface area (Å²) in [5, 5.41) is 1.28. The molecule has 2 saturated heterocycles. The number of fused-ring (bicyclic) bond motifs is 1. The van der Waals surface area contributed by atoms with Gasteiger partial charge in [-0.1, -0.05) is 66.7 Å². The van der Waals surface area contributed by atoms with Gasteiger partial charge in [0.15, 0.2) is 22.0 Å². The maximum atomic E-state index is 13.6. The fraction of sp³-hybridized carbons (Fsp3) is 0.320. The Balaban J connectivity index is 1.70. The normalized spacial score (nSPS) is 24.8. The van der Waals surface area contributed by atoms with Gasteiger partial charge in [0.1, 0.15) is 16.9 Å². The second kappa shape index (κ2) is 9.63. The Morgan fingerprint density at radius 2 is 1.69 bits per heavy atom. The number of carbonyl (C=O) groups is 3. The van der Waals surface area contributed by atoms with E-state index in [0.717, 1.165) is 17.1 Å². The van der Waals surface area contributed by atoms with Crippen LogP contribution in [-0.4, -0.2) is 61.1 Å². The number of ether oxygens (including phenoxy) is 2. The zero-order valence-corrected chi connectivity index (χ0v) is 20.1. The van der Waals surface area contributed by atoms with E-state index in [-0.39, 0.29) is 13.2 Å². The van der Waals surface area contributed by atoms with Gasteiger partial charge in [0.05, 0.1) is 6.42 Å². The number of benzene rings is 2. The zero-order chi connectivity index (χ0) is 25.2. The van der Waals surface area contributed by atoms with Gasteiger partial charge in [-0.2, -0.15) is 0 Å². The van der Waals surface area contributed by atoms with E-state index in [4.69, 9.17) is 9.47 Å². The Bertz CT molecular complexity index is 1210. The van der Waals surface area contributed by atoms with Crippen molar-refractivity contribution in [1.82, 2.24) is 10.2 Å². The van der Waals surface area contributed by atoms with Gasteiger partial charge in [-0.3, -0.25) is 9.59 Å². The number of nitrogens with zero attached hydrogens (tertiary/aromatic N) is 1. The summed E-state index contributed by atoms with van der Waals surface area (Å²) in [5.41, 5.74) is 1.38. The fourth-order valence-corrected chi connectivity index (χ4v) is 6.70. The Morgan fingerprint density at radius 3 is 2.20 bits per heavy atom. The summed E-state index contributed by atoms with van der Waals surface area (Å²) in [6, 6.07) is 16.6. The molecule has 9 nitrogen and oxygen atoms in total. The molecule has 3 atom stereocenters. The van der Waals surface area contributed by atoms with Crippen LogP contribution >= 0.6 is 0 Å². The SMILES string of the molecule is COCNC(=O)/C=C/[C@@]1(C)[C@H](C(=O)OC(c2ccccc2)c2ccccc2)N2C(=O)C[C@H]2S1(=O)=O. The average Bonchev–Trinajstić information content (AvgIpc) is 3.00. The van der Waals surface area contributed by atoms with Crippen molar-refractivity contribution in [3.05, 3.63) is 83.9 Å². The van der Waals surface area contributed by atoms with Crippen LogP contribution in [0, 0.1) is 0 Å². The first kappa shape index (κ1) is 24.6. The molecule has 0 unspecified atom stereocenters. The third kappa shape index (κ3) is 4.35. The molecule has 10 heteroatoms. The highest BCUT2D eigenvalue weighted by Crippen LogP contribution is 2.47. The molecule has 2 aromatic rings. The van der Waals surface area contributed by atoms with Crippen molar-refractivity contribution in [1.29, 1.82) is 0 Å². The first-order chi connectivity index (χ1) is 16.7. The van der Waals surface area contributed by atoms with Crippen molar-refractivity contribution in [2.24, 2.45) is 0 Å². The monoisotopic (exact) mass is 498 g/mol. The summed E-state index contributed by atoms with van der Waals surface area (Å²) >= 11 is 0. The molecule has 0 bridgehead atoms. The van der Waals surface area contributed by atoms with Gasteiger partial charge in [-0.25, -0.2) is 13.2 Å². The smallest absolute Gasteiger partial charge is 0.331 e. The largest absolute Gasteiger partial charge is 0.451 e. The molecule has 184 valence electrons. The minimum atomic E-state index is -4.03. The summed E-state index contributed by atoms with van der Waals surface area (Å²) in [4.78, 5) is 39.2. The topological polar surface area (TPSA) is 119 Å². The molecule has 2 fully saturated rings. The van der Waals surface area contributed by atoms with Crippen molar-refractivity contribution in [3.8, 4) is 0 Å². The second-order valence-corrected chi connectivity index (χ2v) is 11.1. The molecule has 0 radical (unpaired) electrons. The van der Waals surface area contributed by atoms with Gasteiger partial charge in [-0.15, -0.1) is 0 Å². The van der Waals surface area contributed by atoms with Crippen LogP contribution in [0.2, 0.25) is 0 Å². The van der Waals surface area contributed by atoms with Crippen LogP contribution < -0.4 is 5.32 Å². The molecule has 2 aliphatic heterocycles. The van der Waals surface area contributed by atoms with E-state index in [0.29, 0.717) is 11.1 Å². The molecule has 0 aromatic heterocycles. The lowest BCUT2D eigenvalue weighted by atomic mass is 9.95. The first-order valence-corrected chi connectivity index (χ1v) is 12.6. The maximum absolute atomic E-state index is 13.6. The first-order valence-electron chi connectivity index (χ1n) is 11.0. The number of esters is 1. The van der Waals surface area contributed by atoms with Crippen molar-refractivity contribution in [3.63, 3.8) is 0 Å². The van der Waals surface area contributed by atoms with Gasteiger partial charge in [0.25, 0.3) is 0 Å². The molecule has 4 rings (SSSR count). The molecule has 2 aromatic carbocycles. The van der Waals surface area contributed by atoms with Crippen molar-refractivity contribution < 1.29 is 32.3 Å². The summed E-state index contributed by atoms with van der Waals surface area (Å²) in [7, 11) is -2.64. The quantitative estimate of drug-likeness (QED) is 0.255. The van der Waals surface area contributed by atoms with Crippen LogP contribution in [-0.2, 0) is 33.7 Å². The van der Waals surface area contributed by atoms with Gasteiger partial charge >= 0.3 is 5.97 Å². The van der Waals surface area contributed by atoms with E-state index in [1.54, 1.807) is 48.5 Å². The van der Waals surface area contributed by atoms with Gasteiger partial charge in [0.2, 0.25) is 11.8 Å². The molecule has 2 aliphatic rings. The minimum Gasteiger partial charge on any atom is -0.451 e. The van der Waals surface area contributed by atoms with Crippen LogP contribution in [0.15, 0.2) is 72.8 Å². The number of methoxy groups -OCH3 is 1. The Hall–Kier alpha value is -3.50. The standard InChI is InChI=1S/C25H26N2O7S/c1-25(14-13-19(28)26-16-33-2)23(27-20(29)15-21(27)35(25,31)32)24(30)34-22(17-9-5-3-6-10-17)18-11-7-4-8-12-18/h3-14,21-23H,15-16H2,1-2H3,(H,26,28)/b14-13+/t21-,23+,25+/m1/s1. The minimum absolute atomic E-state index is 0.0683. The Kier molecular flexibility index (Phi) is 6.77. The molecule has 0 saturated carbocycles. The molecule has 2 heterocycles. The van der Waals surface area contributed by atoms with E-state index in [1.807, 2.05) is 12.1 Å². The fourth-order valence-electron chi connectivity index (χ4n) is 4.44. The second-order valence-electron chi connectivity index (χ2n) is 8.54. The summed E-state index contributed by atoms with van der Waals surface area (Å²) in [6.07, 6.45) is 1.16.